The third-order valence-electron chi connectivity index (χ3n) is 5.99. The van der Waals surface area contributed by atoms with Gasteiger partial charge in [-0.05, 0) is 57.3 Å². The summed E-state index contributed by atoms with van der Waals surface area (Å²) in [4.78, 5) is 27.7. The first-order valence-corrected chi connectivity index (χ1v) is 12.3. The van der Waals surface area contributed by atoms with Crippen LogP contribution in [0.4, 0.5) is 4.79 Å². The van der Waals surface area contributed by atoms with Crippen LogP contribution in [-0.4, -0.2) is 52.8 Å². The molecule has 0 spiro atoms. The van der Waals surface area contributed by atoms with Crippen molar-refractivity contribution >= 4 is 27.7 Å². The number of carbonyl (C=O) groups is 2. The van der Waals surface area contributed by atoms with Crippen LogP contribution >= 0.6 is 0 Å². The number of amides is 3. The molecule has 10 heteroatoms. The first-order chi connectivity index (χ1) is 15.0. The molecule has 1 aromatic rings. The third-order valence-corrected chi connectivity index (χ3v) is 7.64. The fourth-order valence-electron chi connectivity index (χ4n) is 3.81. The molecule has 1 saturated carbocycles. The van der Waals surface area contributed by atoms with Gasteiger partial charge in [0, 0.05) is 11.6 Å². The van der Waals surface area contributed by atoms with E-state index in [2.05, 4.69) is 23.7 Å². The predicted octanol–water partition coefficient (Wildman–Crippen LogP) is 2.49. The molecule has 172 valence electrons. The first-order valence-electron chi connectivity index (χ1n) is 10.8. The number of hydrogen-bond donors (Lipinski definition) is 1. The summed E-state index contributed by atoms with van der Waals surface area (Å²) in [5, 5.41) is 3.82. The Morgan fingerprint density at radius 3 is 2.62 bits per heavy atom. The van der Waals surface area contributed by atoms with Crippen LogP contribution in [0.5, 0.6) is 0 Å². The van der Waals surface area contributed by atoms with E-state index in [1.165, 1.54) is 12.2 Å². The van der Waals surface area contributed by atoms with Crippen LogP contribution in [0, 0.1) is 18.8 Å². The number of rotatable bonds is 8. The van der Waals surface area contributed by atoms with E-state index >= 15 is 0 Å². The number of allylic oxidation sites excluding steroid dienone is 2. The minimum Gasteiger partial charge on any atom is -0.357 e. The maximum absolute atomic E-state index is 13.3. The lowest BCUT2D eigenvalue weighted by Gasteiger charge is -2.27. The Bertz CT molecular complexity index is 1150. The number of urea groups is 1. The molecule has 9 nitrogen and oxygen atoms in total. The van der Waals surface area contributed by atoms with Crippen LogP contribution in [0.2, 0.25) is 0 Å². The average molecular weight is 462 g/mol. The van der Waals surface area contributed by atoms with Gasteiger partial charge in [0.05, 0.1) is 17.1 Å². The SMILES string of the molecule is Cc1cc(CN2C(=O)C3C=C(S(=O)(=O)NC4(C)CC4)C=CC3=[N+](CCC(C)C)C2=O)on1. The van der Waals surface area contributed by atoms with Crippen molar-refractivity contribution in [2.24, 2.45) is 11.8 Å². The number of sulfonamides is 1. The minimum atomic E-state index is -3.77. The van der Waals surface area contributed by atoms with Gasteiger partial charge in [-0.1, -0.05) is 19.0 Å². The van der Waals surface area contributed by atoms with E-state index in [4.69, 9.17) is 4.52 Å². The van der Waals surface area contributed by atoms with Gasteiger partial charge in [-0.3, -0.25) is 0 Å². The number of imide groups is 1. The second-order valence-corrected chi connectivity index (χ2v) is 11.1. The zero-order chi connectivity index (χ0) is 23.3. The molecule has 3 amide bonds. The van der Waals surface area contributed by atoms with Gasteiger partial charge in [-0.2, -0.15) is 14.3 Å². The van der Waals surface area contributed by atoms with Crippen LogP contribution < -0.4 is 4.72 Å². The monoisotopic (exact) mass is 461 g/mol. The van der Waals surface area contributed by atoms with E-state index < -0.39 is 33.4 Å². The summed E-state index contributed by atoms with van der Waals surface area (Å²) in [6, 6.07) is 1.23. The first kappa shape index (κ1) is 22.6. The fourth-order valence-corrected chi connectivity index (χ4v) is 5.34. The van der Waals surface area contributed by atoms with Gasteiger partial charge in [0.2, 0.25) is 10.0 Å². The lowest BCUT2D eigenvalue weighted by atomic mass is 9.94. The van der Waals surface area contributed by atoms with E-state index in [1.807, 2.05) is 6.92 Å². The average Bonchev–Trinajstić information content (AvgIpc) is 3.28. The van der Waals surface area contributed by atoms with Crippen molar-refractivity contribution in [3.05, 3.63) is 40.7 Å². The third kappa shape index (κ3) is 4.47. The summed E-state index contributed by atoms with van der Waals surface area (Å²) >= 11 is 0. The molecular weight excluding hydrogens is 432 g/mol. The van der Waals surface area contributed by atoms with Crippen LogP contribution in [0.3, 0.4) is 0 Å². The van der Waals surface area contributed by atoms with Crippen molar-refractivity contribution in [2.75, 3.05) is 6.54 Å². The van der Waals surface area contributed by atoms with Crippen LogP contribution in [0.15, 0.2) is 33.7 Å². The van der Waals surface area contributed by atoms with E-state index in [1.54, 1.807) is 23.6 Å². The fraction of sp³-hybridized carbons (Fsp3) is 0.545. The maximum Gasteiger partial charge on any atom is 0.501 e. The molecule has 1 unspecified atom stereocenters. The summed E-state index contributed by atoms with van der Waals surface area (Å²) in [6.45, 7) is 8.10. The molecule has 0 radical (unpaired) electrons. The molecule has 1 atom stereocenters. The predicted molar refractivity (Wildman–Crippen MR) is 117 cm³/mol. The molecule has 1 N–H and O–H groups in total. The normalized spacial score (nSPS) is 22.5. The maximum atomic E-state index is 13.3. The Morgan fingerprint density at radius 2 is 2.03 bits per heavy atom. The number of aryl methyl sites for hydroxylation is 1. The van der Waals surface area contributed by atoms with Crippen LogP contribution in [-0.2, 0) is 21.4 Å². The molecule has 0 bridgehead atoms. The highest BCUT2D eigenvalue weighted by atomic mass is 32.2. The Labute approximate surface area is 187 Å². The van der Waals surface area contributed by atoms with Gasteiger partial charge in [-0.25, -0.2) is 17.9 Å². The standard InChI is InChI=1S/C22H29N4O5S/c1-14(2)7-10-25-19-6-5-17(32(29,30)24-22(4)8-9-22)12-18(19)20(27)26(21(25)28)13-16-11-15(3)23-31-16/h5-6,11-12,14,18,24H,7-10,13H2,1-4H3/q+1. The molecule has 1 aromatic heterocycles. The lowest BCUT2D eigenvalue weighted by molar-refractivity contribution is -0.442. The van der Waals surface area contributed by atoms with Crippen molar-refractivity contribution in [3.8, 4) is 0 Å². The quantitative estimate of drug-likeness (QED) is 0.595. The van der Waals surface area contributed by atoms with Crippen LogP contribution in [0.25, 0.3) is 0 Å². The summed E-state index contributed by atoms with van der Waals surface area (Å²) in [7, 11) is -3.77. The molecule has 1 aliphatic heterocycles. The largest absolute Gasteiger partial charge is 0.501 e. The molecule has 0 saturated heterocycles. The minimum absolute atomic E-state index is 0.0429. The second-order valence-electron chi connectivity index (χ2n) is 9.45. The summed E-state index contributed by atoms with van der Waals surface area (Å²) in [5.74, 6) is -0.600. The molecule has 2 heterocycles. The molecule has 3 aliphatic rings. The zero-order valence-electron chi connectivity index (χ0n) is 18.8. The van der Waals surface area contributed by atoms with E-state index in [0.29, 0.717) is 29.6 Å². The van der Waals surface area contributed by atoms with Crippen molar-refractivity contribution in [2.45, 2.75) is 59.0 Å². The van der Waals surface area contributed by atoms with E-state index in [9.17, 15) is 18.0 Å². The van der Waals surface area contributed by atoms with Gasteiger partial charge in [0.25, 0.3) is 0 Å². The summed E-state index contributed by atoms with van der Waals surface area (Å²) in [5.41, 5.74) is 0.723. The smallest absolute Gasteiger partial charge is 0.357 e. The van der Waals surface area contributed by atoms with Crippen LogP contribution in [0.1, 0.15) is 51.5 Å². The number of nitrogens with zero attached hydrogens (tertiary/aromatic N) is 3. The second kappa shape index (κ2) is 8.08. The number of aromatic nitrogens is 1. The van der Waals surface area contributed by atoms with Gasteiger partial charge in [0.1, 0.15) is 11.6 Å². The van der Waals surface area contributed by atoms with Gasteiger partial charge < -0.3 is 4.52 Å². The van der Waals surface area contributed by atoms with Gasteiger partial charge in [-0.15, -0.1) is 0 Å². The zero-order valence-corrected chi connectivity index (χ0v) is 19.6. The number of nitrogens with one attached hydrogen (secondary N) is 1. The summed E-state index contributed by atoms with van der Waals surface area (Å²) in [6.07, 6.45) is 6.81. The highest BCUT2D eigenvalue weighted by Crippen LogP contribution is 2.36. The topological polar surface area (TPSA) is 113 Å². The van der Waals surface area contributed by atoms with E-state index in [0.717, 1.165) is 24.2 Å². The number of fused-ring (bicyclic) bond motifs is 1. The van der Waals surface area contributed by atoms with Crippen molar-refractivity contribution in [1.82, 2.24) is 14.8 Å². The number of carbonyl (C=O) groups excluding carboxylic acids is 2. The van der Waals surface area contributed by atoms with Gasteiger partial charge >= 0.3 is 11.9 Å². The molecule has 1 fully saturated rings. The van der Waals surface area contributed by atoms with Crippen molar-refractivity contribution in [3.63, 3.8) is 0 Å². The Balaban J connectivity index is 1.70. The van der Waals surface area contributed by atoms with Crippen molar-refractivity contribution in [1.29, 1.82) is 0 Å². The lowest BCUT2D eigenvalue weighted by Crippen LogP contribution is -2.54. The molecule has 4 rings (SSSR count). The Morgan fingerprint density at radius 1 is 1.31 bits per heavy atom. The van der Waals surface area contributed by atoms with Crippen molar-refractivity contribution < 1.29 is 27.1 Å². The summed E-state index contributed by atoms with van der Waals surface area (Å²) < 4.78 is 35.3. The molecule has 2 aliphatic carbocycles. The highest BCUT2D eigenvalue weighted by molar-refractivity contribution is 7.93. The van der Waals surface area contributed by atoms with Gasteiger partial charge in [0.15, 0.2) is 12.3 Å². The Kier molecular flexibility index (Phi) is 5.70. The molecular formula is C22H29N4O5S+. The highest BCUT2D eigenvalue weighted by Gasteiger charge is 2.49. The van der Waals surface area contributed by atoms with E-state index in [-0.39, 0.29) is 11.4 Å². The Hall–Kier alpha value is -2.59. The molecule has 32 heavy (non-hydrogen) atoms. The number of hydrogen-bond acceptors (Lipinski definition) is 6. The molecule has 0 aromatic carbocycles.